The van der Waals surface area contributed by atoms with Crippen molar-refractivity contribution in [1.29, 1.82) is 0 Å². The lowest BCUT2D eigenvalue weighted by Crippen LogP contribution is -2.23. The number of halogens is 1. The molecule has 0 aliphatic heterocycles. The molecule has 29 heavy (non-hydrogen) atoms. The number of rotatable bonds is 8. The minimum Gasteiger partial charge on any atom is -0.352 e. The number of carbonyl (C=O) groups excluding carboxylic acids is 3. The SMILES string of the molecule is O=C(CCC(=O)c1ccc(Cl)s1)NCc1cccc(NC(=O)c2ccncc2)c1. The molecule has 0 saturated carbocycles. The third-order valence-electron chi connectivity index (χ3n) is 4.04. The van der Waals surface area contributed by atoms with Crippen molar-refractivity contribution in [2.75, 3.05) is 5.32 Å². The Bertz CT molecular complexity index is 1020. The number of amides is 2. The molecule has 3 aromatic rings. The van der Waals surface area contributed by atoms with Crippen LogP contribution in [0.2, 0.25) is 4.34 Å². The van der Waals surface area contributed by atoms with E-state index in [1.54, 1.807) is 54.9 Å². The number of thiophene rings is 1. The maximum Gasteiger partial charge on any atom is 0.255 e. The first-order chi connectivity index (χ1) is 14.0. The average molecular weight is 428 g/mol. The summed E-state index contributed by atoms with van der Waals surface area (Å²) in [5, 5.41) is 5.60. The van der Waals surface area contributed by atoms with E-state index in [2.05, 4.69) is 15.6 Å². The van der Waals surface area contributed by atoms with Gasteiger partial charge in [0.1, 0.15) is 0 Å². The predicted octanol–water partition coefficient (Wildman–Crippen LogP) is 4.33. The van der Waals surface area contributed by atoms with E-state index in [1.807, 2.05) is 6.07 Å². The van der Waals surface area contributed by atoms with Gasteiger partial charge in [-0.3, -0.25) is 19.4 Å². The Hall–Kier alpha value is -3.03. The standard InChI is InChI=1S/C21H18ClN3O3S/c22-19-6-5-18(29-19)17(26)4-7-20(27)24-13-14-2-1-3-16(12-14)25-21(28)15-8-10-23-11-9-15/h1-3,5-6,8-12H,4,7,13H2,(H,24,27)(H,25,28). The first-order valence-electron chi connectivity index (χ1n) is 8.87. The number of hydrogen-bond donors (Lipinski definition) is 2. The van der Waals surface area contributed by atoms with E-state index >= 15 is 0 Å². The zero-order valence-corrected chi connectivity index (χ0v) is 16.9. The highest BCUT2D eigenvalue weighted by atomic mass is 35.5. The lowest BCUT2D eigenvalue weighted by atomic mass is 10.1. The summed E-state index contributed by atoms with van der Waals surface area (Å²) in [6.45, 7) is 0.302. The summed E-state index contributed by atoms with van der Waals surface area (Å²) in [6.07, 6.45) is 3.34. The van der Waals surface area contributed by atoms with Crippen molar-refractivity contribution >= 4 is 46.2 Å². The number of carbonyl (C=O) groups is 3. The van der Waals surface area contributed by atoms with Crippen molar-refractivity contribution in [3.8, 4) is 0 Å². The Morgan fingerprint density at radius 1 is 1.00 bits per heavy atom. The van der Waals surface area contributed by atoms with Crippen molar-refractivity contribution < 1.29 is 14.4 Å². The quantitative estimate of drug-likeness (QED) is 0.524. The van der Waals surface area contributed by atoms with Crippen LogP contribution in [0.25, 0.3) is 0 Å². The predicted molar refractivity (Wildman–Crippen MR) is 113 cm³/mol. The van der Waals surface area contributed by atoms with Crippen LogP contribution in [0, 0.1) is 0 Å². The molecule has 0 bridgehead atoms. The molecule has 0 fully saturated rings. The van der Waals surface area contributed by atoms with Gasteiger partial charge in [0.15, 0.2) is 5.78 Å². The maximum atomic E-state index is 12.2. The lowest BCUT2D eigenvalue weighted by molar-refractivity contribution is -0.121. The van der Waals surface area contributed by atoms with Gasteiger partial charge >= 0.3 is 0 Å². The molecule has 0 atom stereocenters. The number of ketones is 1. The van der Waals surface area contributed by atoms with Gasteiger partial charge in [-0.25, -0.2) is 0 Å². The molecule has 0 aliphatic rings. The van der Waals surface area contributed by atoms with Crippen LogP contribution in [-0.4, -0.2) is 22.6 Å². The summed E-state index contributed by atoms with van der Waals surface area (Å²) >= 11 is 7.03. The normalized spacial score (nSPS) is 10.4. The van der Waals surface area contributed by atoms with Crippen LogP contribution < -0.4 is 10.6 Å². The molecule has 1 aromatic carbocycles. The molecule has 2 heterocycles. The van der Waals surface area contributed by atoms with Gasteiger partial charge in [-0.15, -0.1) is 11.3 Å². The zero-order valence-electron chi connectivity index (χ0n) is 15.4. The molecule has 148 valence electrons. The van der Waals surface area contributed by atoms with Gasteiger partial charge < -0.3 is 10.6 Å². The zero-order chi connectivity index (χ0) is 20.6. The Kier molecular flexibility index (Phi) is 7.10. The Morgan fingerprint density at radius 3 is 2.52 bits per heavy atom. The molecule has 8 heteroatoms. The second-order valence-electron chi connectivity index (χ2n) is 6.19. The summed E-state index contributed by atoms with van der Waals surface area (Å²) in [5.74, 6) is -0.550. The molecule has 0 radical (unpaired) electrons. The number of nitrogens with one attached hydrogen (secondary N) is 2. The largest absolute Gasteiger partial charge is 0.352 e. The summed E-state index contributed by atoms with van der Waals surface area (Å²) in [6, 6.07) is 13.8. The summed E-state index contributed by atoms with van der Waals surface area (Å²) < 4.78 is 0.550. The molecule has 0 spiro atoms. The van der Waals surface area contributed by atoms with E-state index < -0.39 is 0 Å². The van der Waals surface area contributed by atoms with E-state index in [0.29, 0.717) is 27.0 Å². The number of nitrogens with zero attached hydrogens (tertiary/aromatic N) is 1. The fraction of sp³-hybridized carbons (Fsp3) is 0.143. The average Bonchev–Trinajstić information content (AvgIpc) is 3.18. The van der Waals surface area contributed by atoms with Crippen LogP contribution in [0.5, 0.6) is 0 Å². The van der Waals surface area contributed by atoms with Crippen molar-refractivity contribution in [1.82, 2.24) is 10.3 Å². The van der Waals surface area contributed by atoms with Crippen LogP contribution in [0.1, 0.15) is 38.4 Å². The van der Waals surface area contributed by atoms with Gasteiger partial charge in [0.25, 0.3) is 5.91 Å². The molecule has 6 nitrogen and oxygen atoms in total. The van der Waals surface area contributed by atoms with Gasteiger partial charge in [0.2, 0.25) is 5.91 Å². The molecular formula is C21H18ClN3O3S. The minimum atomic E-state index is -0.235. The van der Waals surface area contributed by atoms with Crippen LogP contribution >= 0.6 is 22.9 Å². The monoisotopic (exact) mass is 427 g/mol. The number of pyridine rings is 1. The van der Waals surface area contributed by atoms with Crippen LogP contribution in [-0.2, 0) is 11.3 Å². The third-order valence-corrected chi connectivity index (χ3v) is 5.32. The number of aromatic nitrogens is 1. The second kappa shape index (κ2) is 9.95. The molecular weight excluding hydrogens is 410 g/mol. The van der Waals surface area contributed by atoms with Crippen molar-refractivity contribution in [3.63, 3.8) is 0 Å². The first kappa shape index (κ1) is 20.7. The van der Waals surface area contributed by atoms with Gasteiger partial charge in [-0.05, 0) is 42.0 Å². The van der Waals surface area contributed by atoms with Gasteiger partial charge in [-0.2, -0.15) is 0 Å². The first-order valence-corrected chi connectivity index (χ1v) is 10.1. The van der Waals surface area contributed by atoms with Crippen molar-refractivity contribution in [3.05, 3.63) is 81.3 Å². The highest BCUT2D eigenvalue weighted by Crippen LogP contribution is 2.22. The smallest absolute Gasteiger partial charge is 0.255 e. The number of benzene rings is 1. The lowest BCUT2D eigenvalue weighted by Gasteiger charge is -2.09. The fourth-order valence-corrected chi connectivity index (χ4v) is 3.58. The highest BCUT2D eigenvalue weighted by molar-refractivity contribution is 7.18. The van der Waals surface area contributed by atoms with Gasteiger partial charge in [0.05, 0.1) is 9.21 Å². The van der Waals surface area contributed by atoms with Crippen molar-refractivity contribution in [2.45, 2.75) is 19.4 Å². The maximum absolute atomic E-state index is 12.2. The van der Waals surface area contributed by atoms with Crippen molar-refractivity contribution in [2.24, 2.45) is 0 Å². The Morgan fingerprint density at radius 2 is 1.79 bits per heavy atom. The van der Waals surface area contributed by atoms with Crippen LogP contribution in [0.15, 0.2) is 60.9 Å². The molecule has 2 N–H and O–H groups in total. The molecule has 0 saturated heterocycles. The van der Waals surface area contributed by atoms with Gasteiger partial charge in [-0.1, -0.05) is 23.7 Å². The Balaban J connectivity index is 1.48. The topological polar surface area (TPSA) is 88.2 Å². The summed E-state index contributed by atoms with van der Waals surface area (Å²) in [7, 11) is 0. The number of anilines is 1. The van der Waals surface area contributed by atoms with Crippen LogP contribution in [0.3, 0.4) is 0 Å². The summed E-state index contributed by atoms with van der Waals surface area (Å²) in [4.78, 5) is 40.7. The van der Waals surface area contributed by atoms with E-state index in [4.69, 9.17) is 11.6 Å². The molecule has 2 aromatic heterocycles. The Labute approximate surface area is 176 Å². The summed E-state index contributed by atoms with van der Waals surface area (Å²) in [5.41, 5.74) is 1.97. The second-order valence-corrected chi connectivity index (χ2v) is 7.91. The number of Topliss-reactive ketones (excluding diaryl/α,β-unsaturated/α-hetero) is 1. The van der Waals surface area contributed by atoms with Gasteiger partial charge in [0, 0.05) is 43.0 Å². The third kappa shape index (κ3) is 6.23. The minimum absolute atomic E-state index is 0.0992. The molecule has 0 unspecified atom stereocenters. The van der Waals surface area contributed by atoms with Crippen LogP contribution in [0.4, 0.5) is 5.69 Å². The van der Waals surface area contributed by atoms with E-state index in [1.165, 1.54) is 11.3 Å². The van der Waals surface area contributed by atoms with E-state index in [-0.39, 0.29) is 30.4 Å². The molecule has 0 aliphatic carbocycles. The highest BCUT2D eigenvalue weighted by Gasteiger charge is 2.12. The molecule has 2 amide bonds. The number of hydrogen-bond acceptors (Lipinski definition) is 5. The van der Waals surface area contributed by atoms with E-state index in [9.17, 15) is 14.4 Å². The fourth-order valence-electron chi connectivity index (χ4n) is 2.57. The van der Waals surface area contributed by atoms with E-state index in [0.717, 1.165) is 5.56 Å². The molecule has 3 rings (SSSR count).